The second kappa shape index (κ2) is 3.39. The maximum Gasteiger partial charge on any atom is 0.250 e. The molecule has 2 saturated heterocycles. The molecule has 2 aliphatic heterocycles. The first-order valence-electron chi connectivity index (χ1n) is 6.47. The average molecular weight is 246 g/mol. The Morgan fingerprint density at radius 1 is 1.12 bits per heavy atom. The molecule has 4 N–H and O–H groups in total. The topological polar surface area (TPSA) is 58.3 Å². The lowest BCUT2D eigenvalue weighted by molar-refractivity contribution is -0.0855. The van der Waals surface area contributed by atoms with Crippen LogP contribution in [0.25, 0.3) is 0 Å². The molecule has 0 aromatic heterocycles. The molecule has 2 bridgehead atoms. The van der Waals surface area contributed by atoms with Crippen LogP contribution in [-0.2, 0) is 0 Å². The van der Waals surface area contributed by atoms with Crippen LogP contribution in [0.5, 0.6) is 0 Å². The van der Waals surface area contributed by atoms with E-state index < -0.39 is 17.1 Å². The molecule has 5 heteroatoms. The third-order valence-corrected chi connectivity index (χ3v) is 4.94. The minimum atomic E-state index is -2.70. The zero-order valence-electron chi connectivity index (χ0n) is 9.88. The van der Waals surface area contributed by atoms with Gasteiger partial charge in [0.1, 0.15) is 0 Å². The van der Waals surface area contributed by atoms with Crippen molar-refractivity contribution in [3.05, 3.63) is 0 Å². The van der Waals surface area contributed by atoms with Gasteiger partial charge in [-0.2, -0.15) is 0 Å². The van der Waals surface area contributed by atoms with Crippen LogP contribution in [0.3, 0.4) is 0 Å². The molecule has 98 valence electrons. The summed E-state index contributed by atoms with van der Waals surface area (Å²) in [4.78, 5) is 0. The molecule has 3 rings (SSSR count). The Morgan fingerprint density at radius 2 is 1.71 bits per heavy atom. The van der Waals surface area contributed by atoms with Gasteiger partial charge in [-0.3, -0.25) is 0 Å². The van der Waals surface area contributed by atoms with Gasteiger partial charge in [-0.15, -0.1) is 0 Å². The number of halogens is 2. The fourth-order valence-electron chi connectivity index (χ4n) is 3.97. The van der Waals surface area contributed by atoms with Gasteiger partial charge in [0, 0.05) is 24.9 Å². The first-order valence-corrected chi connectivity index (χ1v) is 6.47. The Hall–Kier alpha value is -0.260. The fraction of sp³-hybridized carbons (Fsp3) is 1.00. The predicted octanol–water partition coefficient (Wildman–Crippen LogP) is 1.15. The number of rotatable bonds is 1. The van der Waals surface area contributed by atoms with Crippen molar-refractivity contribution in [1.29, 1.82) is 0 Å². The lowest BCUT2D eigenvalue weighted by Crippen LogP contribution is -2.65. The molecule has 3 atom stereocenters. The maximum atomic E-state index is 13.4. The van der Waals surface area contributed by atoms with Gasteiger partial charge in [0.05, 0.1) is 11.1 Å². The summed E-state index contributed by atoms with van der Waals surface area (Å²) >= 11 is 0. The van der Waals surface area contributed by atoms with Crippen LogP contribution in [0.2, 0.25) is 0 Å². The lowest BCUT2D eigenvalue weighted by Gasteiger charge is -2.47. The molecule has 0 spiro atoms. The van der Waals surface area contributed by atoms with E-state index in [-0.39, 0.29) is 31.3 Å². The molecule has 2 heterocycles. The number of fused-ring (bicyclic) bond motifs is 2. The first kappa shape index (κ1) is 11.8. The van der Waals surface area contributed by atoms with E-state index in [0.717, 1.165) is 12.8 Å². The number of hydrogen-bond acceptors (Lipinski definition) is 3. The first-order chi connectivity index (χ1) is 7.82. The Morgan fingerprint density at radius 3 is 2.18 bits per heavy atom. The average Bonchev–Trinajstić information content (AvgIpc) is 2.68. The molecule has 0 radical (unpaired) electrons. The van der Waals surface area contributed by atoms with Crippen molar-refractivity contribution < 1.29 is 13.9 Å². The highest BCUT2D eigenvalue weighted by Crippen LogP contribution is 2.50. The lowest BCUT2D eigenvalue weighted by atomic mass is 9.71. The molecule has 3 aliphatic rings. The number of nitrogens with two attached hydrogens (primary N) is 1. The summed E-state index contributed by atoms with van der Waals surface area (Å²) < 4.78 is 26.7. The van der Waals surface area contributed by atoms with E-state index in [1.165, 1.54) is 0 Å². The molecule has 3 unspecified atom stereocenters. The number of nitrogens with one attached hydrogen (secondary N) is 1. The van der Waals surface area contributed by atoms with Crippen LogP contribution >= 0.6 is 0 Å². The zero-order valence-corrected chi connectivity index (χ0v) is 9.88. The molecule has 3 fully saturated rings. The summed E-state index contributed by atoms with van der Waals surface area (Å²) in [7, 11) is 0. The number of aliphatic hydroxyl groups is 1. The van der Waals surface area contributed by atoms with Gasteiger partial charge in [0.15, 0.2) is 0 Å². The summed E-state index contributed by atoms with van der Waals surface area (Å²) in [6.07, 6.45) is 2.78. The van der Waals surface area contributed by atoms with Gasteiger partial charge in [-0.05, 0) is 32.1 Å². The van der Waals surface area contributed by atoms with E-state index in [2.05, 4.69) is 5.32 Å². The summed E-state index contributed by atoms with van der Waals surface area (Å²) in [6, 6.07) is 0.516. The molecule has 0 aromatic rings. The van der Waals surface area contributed by atoms with E-state index in [0.29, 0.717) is 12.8 Å². The molecule has 0 amide bonds. The Bertz CT molecular complexity index is 324. The third-order valence-electron chi connectivity index (χ3n) is 4.94. The molecule has 1 saturated carbocycles. The predicted molar refractivity (Wildman–Crippen MR) is 59.8 cm³/mol. The monoisotopic (exact) mass is 246 g/mol. The van der Waals surface area contributed by atoms with Crippen molar-refractivity contribution in [1.82, 2.24) is 5.32 Å². The van der Waals surface area contributed by atoms with Crippen LogP contribution in [0.15, 0.2) is 0 Å². The molecule has 1 aliphatic carbocycles. The molecular formula is C12H20F2N2O. The summed E-state index contributed by atoms with van der Waals surface area (Å²) in [5.74, 6) is -2.70. The van der Waals surface area contributed by atoms with E-state index in [1.807, 2.05) is 0 Å². The van der Waals surface area contributed by atoms with E-state index in [9.17, 15) is 13.9 Å². The molecule has 0 aromatic carbocycles. The zero-order chi connectivity index (χ0) is 12.3. The van der Waals surface area contributed by atoms with Crippen LogP contribution in [0.4, 0.5) is 8.78 Å². The highest BCUT2D eigenvalue weighted by molar-refractivity contribution is 5.15. The van der Waals surface area contributed by atoms with E-state index in [1.54, 1.807) is 0 Å². The molecule has 3 nitrogen and oxygen atoms in total. The van der Waals surface area contributed by atoms with Crippen molar-refractivity contribution in [2.75, 3.05) is 0 Å². The Kier molecular flexibility index (Phi) is 2.36. The minimum absolute atomic E-state index is 0.186. The third kappa shape index (κ3) is 1.79. The van der Waals surface area contributed by atoms with Gasteiger partial charge >= 0.3 is 0 Å². The van der Waals surface area contributed by atoms with Crippen LogP contribution in [-0.4, -0.2) is 34.3 Å². The standard InChI is InChI=1S/C12H20F2N2O/c13-12(14)4-3-10(15,7-12)11(17)5-8-1-2-9(6-11)16-8/h8-9,16-17H,1-7,15H2. The summed E-state index contributed by atoms with van der Waals surface area (Å²) in [5.41, 5.74) is 3.93. The van der Waals surface area contributed by atoms with E-state index >= 15 is 0 Å². The smallest absolute Gasteiger partial charge is 0.250 e. The van der Waals surface area contributed by atoms with Gasteiger partial charge in [0.2, 0.25) is 5.92 Å². The normalized spacial score (nSPS) is 52.9. The Balaban J connectivity index is 1.83. The van der Waals surface area contributed by atoms with Gasteiger partial charge < -0.3 is 16.2 Å². The summed E-state index contributed by atoms with van der Waals surface area (Å²) in [5, 5.41) is 14.1. The highest BCUT2D eigenvalue weighted by Gasteiger charge is 2.60. The minimum Gasteiger partial charge on any atom is -0.388 e. The second-order valence-electron chi connectivity index (χ2n) is 6.27. The highest BCUT2D eigenvalue weighted by atomic mass is 19.3. The molecule has 17 heavy (non-hydrogen) atoms. The van der Waals surface area contributed by atoms with Crippen LogP contribution in [0, 0.1) is 0 Å². The van der Waals surface area contributed by atoms with Gasteiger partial charge in [0.25, 0.3) is 0 Å². The largest absolute Gasteiger partial charge is 0.388 e. The fourth-order valence-corrected chi connectivity index (χ4v) is 3.97. The maximum absolute atomic E-state index is 13.4. The second-order valence-corrected chi connectivity index (χ2v) is 6.27. The van der Waals surface area contributed by atoms with Crippen molar-refractivity contribution in [3.8, 4) is 0 Å². The van der Waals surface area contributed by atoms with E-state index in [4.69, 9.17) is 5.73 Å². The van der Waals surface area contributed by atoms with Crippen molar-refractivity contribution in [2.24, 2.45) is 5.73 Å². The van der Waals surface area contributed by atoms with Crippen LogP contribution < -0.4 is 11.1 Å². The SMILES string of the molecule is NC1(C2(O)CC3CCC(C2)N3)CCC(F)(F)C1. The molecular weight excluding hydrogens is 226 g/mol. The van der Waals surface area contributed by atoms with Crippen molar-refractivity contribution in [2.45, 2.75) is 74.1 Å². The quantitative estimate of drug-likeness (QED) is 0.650. The summed E-state index contributed by atoms with van der Waals surface area (Å²) in [6.45, 7) is 0. The van der Waals surface area contributed by atoms with Gasteiger partial charge in [-0.1, -0.05) is 0 Å². The Labute approximate surface area is 99.8 Å². The van der Waals surface area contributed by atoms with Crippen molar-refractivity contribution in [3.63, 3.8) is 0 Å². The number of piperidine rings is 1. The van der Waals surface area contributed by atoms with Crippen LogP contribution in [0.1, 0.15) is 44.9 Å². The van der Waals surface area contributed by atoms with Gasteiger partial charge in [-0.25, -0.2) is 8.78 Å². The number of hydrogen-bond donors (Lipinski definition) is 3. The number of alkyl halides is 2. The van der Waals surface area contributed by atoms with Crippen molar-refractivity contribution >= 4 is 0 Å².